The lowest BCUT2D eigenvalue weighted by atomic mass is 9.96. The first-order chi connectivity index (χ1) is 7.18. The lowest BCUT2D eigenvalue weighted by molar-refractivity contribution is 0.171. The summed E-state index contributed by atoms with van der Waals surface area (Å²) in [6.45, 7) is 4.55. The molecule has 0 radical (unpaired) electrons. The SMILES string of the molecule is CCCCSCCCCC(C)(CO)NC. The Kier molecular flexibility index (Phi) is 9.66. The van der Waals surface area contributed by atoms with Crippen LogP contribution in [0.2, 0.25) is 0 Å². The summed E-state index contributed by atoms with van der Waals surface area (Å²) in [7, 11) is 1.92. The molecule has 0 aliphatic carbocycles. The zero-order valence-electron chi connectivity index (χ0n) is 10.5. The summed E-state index contributed by atoms with van der Waals surface area (Å²) in [5.41, 5.74) is -0.0753. The number of nitrogens with one attached hydrogen (secondary N) is 1. The number of hydrogen-bond donors (Lipinski definition) is 2. The molecule has 0 aromatic carbocycles. The molecule has 92 valence electrons. The van der Waals surface area contributed by atoms with Gasteiger partial charge in [0.05, 0.1) is 6.61 Å². The molecule has 15 heavy (non-hydrogen) atoms. The number of rotatable bonds is 10. The van der Waals surface area contributed by atoms with Crippen LogP contribution >= 0.6 is 11.8 Å². The highest BCUT2D eigenvalue weighted by molar-refractivity contribution is 7.99. The number of aliphatic hydroxyl groups is 1. The quantitative estimate of drug-likeness (QED) is 0.569. The van der Waals surface area contributed by atoms with Gasteiger partial charge in [-0.25, -0.2) is 0 Å². The monoisotopic (exact) mass is 233 g/mol. The maximum absolute atomic E-state index is 9.19. The minimum atomic E-state index is -0.0753. The highest BCUT2D eigenvalue weighted by atomic mass is 32.2. The largest absolute Gasteiger partial charge is 0.394 e. The first-order valence-electron chi connectivity index (χ1n) is 6.06. The third-order valence-electron chi connectivity index (χ3n) is 2.86. The average molecular weight is 233 g/mol. The molecule has 0 aliphatic rings. The van der Waals surface area contributed by atoms with Gasteiger partial charge in [0.25, 0.3) is 0 Å². The fourth-order valence-corrected chi connectivity index (χ4v) is 2.46. The van der Waals surface area contributed by atoms with Crippen LogP contribution in [0, 0.1) is 0 Å². The van der Waals surface area contributed by atoms with Crippen LogP contribution in [-0.4, -0.2) is 35.8 Å². The summed E-state index contributed by atoms with van der Waals surface area (Å²) < 4.78 is 0. The molecule has 1 unspecified atom stereocenters. The van der Waals surface area contributed by atoms with Crippen LogP contribution in [0.3, 0.4) is 0 Å². The Morgan fingerprint density at radius 2 is 1.87 bits per heavy atom. The summed E-state index contributed by atoms with van der Waals surface area (Å²) in [6.07, 6.45) is 6.18. The zero-order chi connectivity index (χ0) is 11.6. The highest BCUT2D eigenvalue weighted by Crippen LogP contribution is 2.15. The molecule has 0 aromatic rings. The Bertz CT molecular complexity index is 138. The molecular weight excluding hydrogens is 206 g/mol. The van der Waals surface area contributed by atoms with Crippen LogP contribution in [0.1, 0.15) is 46.0 Å². The van der Waals surface area contributed by atoms with Gasteiger partial charge < -0.3 is 10.4 Å². The van der Waals surface area contributed by atoms with Gasteiger partial charge in [-0.1, -0.05) is 19.8 Å². The van der Waals surface area contributed by atoms with E-state index in [4.69, 9.17) is 0 Å². The summed E-state index contributed by atoms with van der Waals surface area (Å²) in [6, 6.07) is 0. The minimum Gasteiger partial charge on any atom is -0.394 e. The fraction of sp³-hybridized carbons (Fsp3) is 1.00. The second kappa shape index (κ2) is 9.49. The summed E-state index contributed by atoms with van der Waals surface area (Å²) in [5.74, 6) is 2.57. The van der Waals surface area contributed by atoms with E-state index in [1.807, 2.05) is 7.05 Å². The minimum absolute atomic E-state index is 0.0753. The molecule has 0 rings (SSSR count). The van der Waals surface area contributed by atoms with Crippen LogP contribution in [-0.2, 0) is 0 Å². The van der Waals surface area contributed by atoms with Crippen LogP contribution in [0.15, 0.2) is 0 Å². The number of thioether (sulfide) groups is 1. The predicted molar refractivity (Wildman–Crippen MR) is 70.6 cm³/mol. The molecule has 0 saturated carbocycles. The van der Waals surface area contributed by atoms with Gasteiger partial charge in [0.15, 0.2) is 0 Å². The summed E-state index contributed by atoms with van der Waals surface area (Å²) in [4.78, 5) is 0. The van der Waals surface area contributed by atoms with E-state index in [1.54, 1.807) is 0 Å². The van der Waals surface area contributed by atoms with Crippen molar-refractivity contribution in [1.82, 2.24) is 5.32 Å². The van der Waals surface area contributed by atoms with Crippen LogP contribution in [0.4, 0.5) is 0 Å². The maximum atomic E-state index is 9.19. The van der Waals surface area contributed by atoms with Gasteiger partial charge in [-0.05, 0) is 44.7 Å². The van der Waals surface area contributed by atoms with E-state index >= 15 is 0 Å². The van der Waals surface area contributed by atoms with Crippen LogP contribution < -0.4 is 5.32 Å². The molecule has 2 N–H and O–H groups in total. The molecule has 0 heterocycles. The van der Waals surface area contributed by atoms with E-state index < -0.39 is 0 Å². The van der Waals surface area contributed by atoms with Gasteiger partial charge in [0.2, 0.25) is 0 Å². The van der Waals surface area contributed by atoms with E-state index in [1.165, 1.54) is 37.2 Å². The Hall–Kier alpha value is 0.270. The smallest absolute Gasteiger partial charge is 0.0610 e. The van der Waals surface area contributed by atoms with Gasteiger partial charge in [-0.3, -0.25) is 0 Å². The van der Waals surface area contributed by atoms with Crippen LogP contribution in [0.25, 0.3) is 0 Å². The van der Waals surface area contributed by atoms with E-state index in [0.29, 0.717) is 0 Å². The Morgan fingerprint density at radius 1 is 1.20 bits per heavy atom. The second-order valence-electron chi connectivity index (χ2n) is 4.39. The molecule has 0 aromatic heterocycles. The average Bonchev–Trinajstić information content (AvgIpc) is 2.27. The van der Waals surface area contributed by atoms with Crippen molar-refractivity contribution >= 4 is 11.8 Å². The highest BCUT2D eigenvalue weighted by Gasteiger charge is 2.19. The predicted octanol–water partition coefficient (Wildman–Crippen LogP) is 2.66. The van der Waals surface area contributed by atoms with Gasteiger partial charge in [-0.15, -0.1) is 0 Å². The Morgan fingerprint density at radius 3 is 2.40 bits per heavy atom. The number of hydrogen-bond acceptors (Lipinski definition) is 3. The third-order valence-corrected chi connectivity index (χ3v) is 4.02. The first kappa shape index (κ1) is 15.3. The molecular formula is C12H27NOS. The molecule has 0 fully saturated rings. The van der Waals surface area contributed by atoms with Gasteiger partial charge >= 0.3 is 0 Å². The Labute approximate surface area is 99.2 Å². The van der Waals surface area contributed by atoms with E-state index in [0.717, 1.165) is 6.42 Å². The van der Waals surface area contributed by atoms with Gasteiger partial charge in [0.1, 0.15) is 0 Å². The molecule has 0 spiro atoms. The molecule has 0 saturated heterocycles. The lowest BCUT2D eigenvalue weighted by Gasteiger charge is -2.26. The van der Waals surface area contributed by atoms with E-state index in [9.17, 15) is 5.11 Å². The number of likely N-dealkylation sites (N-methyl/N-ethyl adjacent to an activating group) is 1. The summed E-state index contributed by atoms with van der Waals surface area (Å²) >= 11 is 2.06. The van der Waals surface area contributed by atoms with Crippen LogP contribution in [0.5, 0.6) is 0 Å². The maximum Gasteiger partial charge on any atom is 0.0610 e. The third kappa shape index (κ3) is 8.12. The van der Waals surface area contributed by atoms with Gasteiger partial charge in [0, 0.05) is 5.54 Å². The zero-order valence-corrected chi connectivity index (χ0v) is 11.3. The summed E-state index contributed by atoms with van der Waals surface area (Å²) in [5, 5.41) is 12.4. The van der Waals surface area contributed by atoms with Gasteiger partial charge in [-0.2, -0.15) is 11.8 Å². The van der Waals surface area contributed by atoms with Crippen molar-refractivity contribution in [2.75, 3.05) is 25.2 Å². The normalized spacial score (nSPS) is 15.2. The first-order valence-corrected chi connectivity index (χ1v) is 7.21. The van der Waals surface area contributed by atoms with Crippen molar-refractivity contribution in [3.63, 3.8) is 0 Å². The number of aliphatic hydroxyl groups excluding tert-OH is 1. The van der Waals surface area contributed by atoms with Crippen molar-refractivity contribution in [2.24, 2.45) is 0 Å². The molecule has 0 aliphatic heterocycles. The van der Waals surface area contributed by atoms with Crippen molar-refractivity contribution in [3.8, 4) is 0 Å². The fourth-order valence-electron chi connectivity index (χ4n) is 1.35. The molecule has 2 nitrogen and oxygen atoms in total. The molecule has 3 heteroatoms. The second-order valence-corrected chi connectivity index (χ2v) is 5.62. The molecule has 0 amide bonds. The Balaban J connectivity index is 3.29. The lowest BCUT2D eigenvalue weighted by Crippen LogP contribution is -2.43. The van der Waals surface area contributed by atoms with E-state index in [-0.39, 0.29) is 12.1 Å². The molecule has 0 bridgehead atoms. The van der Waals surface area contributed by atoms with Crippen molar-refractivity contribution < 1.29 is 5.11 Å². The topological polar surface area (TPSA) is 32.3 Å². The molecule has 1 atom stereocenters. The standard InChI is InChI=1S/C12H27NOS/c1-4-5-9-15-10-7-6-8-12(2,11-14)13-3/h13-14H,4-11H2,1-3H3. The van der Waals surface area contributed by atoms with Crippen molar-refractivity contribution in [2.45, 2.75) is 51.5 Å². The number of unbranched alkanes of at least 4 members (excludes halogenated alkanes) is 2. The van der Waals surface area contributed by atoms with Crippen molar-refractivity contribution in [1.29, 1.82) is 0 Å². The van der Waals surface area contributed by atoms with E-state index in [2.05, 4.69) is 30.9 Å². The van der Waals surface area contributed by atoms with Crippen molar-refractivity contribution in [3.05, 3.63) is 0 Å².